The Morgan fingerprint density at radius 3 is 2.42 bits per heavy atom. The normalized spacial score (nSPS) is 23.1. The monoisotopic (exact) mass is 264 g/mol. The molecule has 0 aliphatic heterocycles. The van der Waals surface area contributed by atoms with E-state index in [4.69, 9.17) is 0 Å². The lowest BCUT2D eigenvalue weighted by atomic mass is 9.91. The first-order valence-electron chi connectivity index (χ1n) is 6.84. The van der Waals surface area contributed by atoms with Gasteiger partial charge >= 0.3 is 0 Å². The van der Waals surface area contributed by atoms with Gasteiger partial charge in [0, 0.05) is 17.6 Å². The average Bonchev–Trinajstić information content (AvgIpc) is 2.39. The number of carbonyl (C=O) groups is 1. The summed E-state index contributed by atoms with van der Waals surface area (Å²) in [4.78, 5) is 12.1. The Kier molecular flexibility index (Phi) is 4.53. The van der Waals surface area contributed by atoms with E-state index < -0.39 is 0 Å². The number of amides is 1. The smallest absolute Gasteiger partial charge is 0.251 e. The van der Waals surface area contributed by atoms with E-state index in [1.165, 1.54) is 12.1 Å². The zero-order valence-corrected chi connectivity index (χ0v) is 11.5. The minimum Gasteiger partial charge on any atom is -0.349 e. The van der Waals surface area contributed by atoms with Gasteiger partial charge in [0.25, 0.3) is 5.91 Å². The zero-order chi connectivity index (χ0) is 13.8. The second-order valence-corrected chi connectivity index (χ2v) is 5.27. The quantitative estimate of drug-likeness (QED) is 0.880. The van der Waals surface area contributed by atoms with Crippen molar-refractivity contribution in [2.75, 3.05) is 7.05 Å². The third kappa shape index (κ3) is 3.53. The Hall–Kier alpha value is -1.42. The van der Waals surface area contributed by atoms with Crippen molar-refractivity contribution in [3.05, 3.63) is 35.1 Å². The molecule has 0 aromatic heterocycles. The highest BCUT2D eigenvalue weighted by atomic mass is 19.1. The van der Waals surface area contributed by atoms with E-state index in [0.29, 0.717) is 17.2 Å². The van der Waals surface area contributed by atoms with E-state index in [-0.39, 0.29) is 17.8 Å². The Bertz CT molecular complexity index is 453. The van der Waals surface area contributed by atoms with Crippen LogP contribution in [0.1, 0.15) is 41.6 Å². The summed E-state index contributed by atoms with van der Waals surface area (Å²) in [5, 5.41) is 6.32. The average molecular weight is 264 g/mol. The van der Waals surface area contributed by atoms with Crippen LogP contribution >= 0.6 is 0 Å². The second kappa shape index (κ2) is 6.15. The molecule has 1 amide bonds. The molecule has 1 aromatic rings. The highest BCUT2D eigenvalue weighted by Crippen LogP contribution is 2.19. The van der Waals surface area contributed by atoms with Gasteiger partial charge in [-0.15, -0.1) is 0 Å². The minimum atomic E-state index is -0.302. The van der Waals surface area contributed by atoms with Gasteiger partial charge in [-0.05, 0) is 63.4 Å². The lowest BCUT2D eigenvalue weighted by Crippen LogP contribution is -2.41. The standard InChI is InChI=1S/C15H21FN2O/c1-10-9-11(16)3-8-14(10)15(19)18-13-6-4-12(17-2)5-7-13/h3,8-9,12-13,17H,4-7H2,1-2H3,(H,18,19). The molecule has 0 heterocycles. The molecule has 1 aliphatic carbocycles. The first kappa shape index (κ1) is 14.0. The number of aryl methyl sites for hydroxylation is 1. The molecule has 3 nitrogen and oxygen atoms in total. The number of nitrogens with one attached hydrogen (secondary N) is 2. The summed E-state index contributed by atoms with van der Waals surface area (Å²) >= 11 is 0. The Balaban J connectivity index is 1.94. The fourth-order valence-electron chi connectivity index (χ4n) is 2.67. The predicted octanol–water partition coefficient (Wildman–Crippen LogP) is 2.39. The maximum atomic E-state index is 13.0. The summed E-state index contributed by atoms with van der Waals surface area (Å²) in [7, 11) is 1.98. The number of halogens is 1. The van der Waals surface area contributed by atoms with Gasteiger partial charge in [0.15, 0.2) is 0 Å². The Morgan fingerprint density at radius 2 is 1.84 bits per heavy atom. The first-order valence-corrected chi connectivity index (χ1v) is 6.84. The number of benzene rings is 1. The third-order valence-corrected chi connectivity index (χ3v) is 3.90. The van der Waals surface area contributed by atoms with Gasteiger partial charge in [-0.2, -0.15) is 0 Å². The summed E-state index contributed by atoms with van der Waals surface area (Å²) in [6, 6.07) is 5.09. The van der Waals surface area contributed by atoms with E-state index in [0.717, 1.165) is 25.7 Å². The molecule has 0 saturated heterocycles. The second-order valence-electron chi connectivity index (χ2n) is 5.27. The van der Waals surface area contributed by atoms with Crippen molar-refractivity contribution in [1.82, 2.24) is 10.6 Å². The fraction of sp³-hybridized carbons (Fsp3) is 0.533. The van der Waals surface area contributed by atoms with Crippen LogP contribution in [0, 0.1) is 12.7 Å². The van der Waals surface area contributed by atoms with Crippen LogP contribution in [-0.4, -0.2) is 25.0 Å². The molecular weight excluding hydrogens is 243 g/mol. The molecule has 2 rings (SSSR count). The summed E-state index contributed by atoms with van der Waals surface area (Å²) < 4.78 is 13.0. The van der Waals surface area contributed by atoms with Crippen molar-refractivity contribution in [1.29, 1.82) is 0 Å². The summed E-state index contributed by atoms with van der Waals surface area (Å²) in [5.74, 6) is -0.394. The molecule has 0 spiro atoms. The van der Waals surface area contributed by atoms with Crippen LogP contribution in [0.15, 0.2) is 18.2 Å². The molecule has 19 heavy (non-hydrogen) atoms. The molecule has 1 aliphatic rings. The van der Waals surface area contributed by atoms with E-state index in [1.807, 2.05) is 7.05 Å². The van der Waals surface area contributed by atoms with Gasteiger partial charge in [0.1, 0.15) is 5.82 Å². The van der Waals surface area contributed by atoms with E-state index in [1.54, 1.807) is 13.0 Å². The topological polar surface area (TPSA) is 41.1 Å². The molecule has 1 saturated carbocycles. The van der Waals surface area contributed by atoms with Crippen LogP contribution in [0.25, 0.3) is 0 Å². The lowest BCUT2D eigenvalue weighted by molar-refractivity contribution is 0.0924. The van der Waals surface area contributed by atoms with Crippen molar-refractivity contribution in [2.45, 2.75) is 44.7 Å². The van der Waals surface area contributed by atoms with Crippen LogP contribution in [0.4, 0.5) is 4.39 Å². The summed E-state index contributed by atoms with van der Waals surface area (Å²) in [6.07, 6.45) is 4.17. The minimum absolute atomic E-state index is 0.0922. The number of rotatable bonds is 3. The predicted molar refractivity (Wildman–Crippen MR) is 73.7 cm³/mol. The molecule has 1 fully saturated rings. The number of carbonyl (C=O) groups excluding carboxylic acids is 1. The summed E-state index contributed by atoms with van der Waals surface area (Å²) in [6.45, 7) is 1.76. The summed E-state index contributed by atoms with van der Waals surface area (Å²) in [5.41, 5.74) is 1.25. The van der Waals surface area contributed by atoms with Crippen LogP contribution in [0.2, 0.25) is 0 Å². The van der Waals surface area contributed by atoms with Gasteiger partial charge in [0.2, 0.25) is 0 Å². The molecule has 0 radical (unpaired) electrons. The van der Waals surface area contributed by atoms with Crippen LogP contribution in [0.5, 0.6) is 0 Å². The number of hydrogen-bond acceptors (Lipinski definition) is 2. The maximum Gasteiger partial charge on any atom is 0.251 e. The fourth-order valence-corrected chi connectivity index (χ4v) is 2.67. The molecule has 0 atom stereocenters. The molecule has 1 aromatic carbocycles. The Labute approximate surface area is 113 Å². The zero-order valence-electron chi connectivity index (χ0n) is 11.5. The molecule has 2 N–H and O–H groups in total. The highest BCUT2D eigenvalue weighted by Gasteiger charge is 2.22. The molecule has 0 bridgehead atoms. The van der Waals surface area contributed by atoms with E-state index in [9.17, 15) is 9.18 Å². The van der Waals surface area contributed by atoms with Crippen LogP contribution in [0.3, 0.4) is 0 Å². The van der Waals surface area contributed by atoms with Crippen LogP contribution < -0.4 is 10.6 Å². The van der Waals surface area contributed by atoms with E-state index >= 15 is 0 Å². The number of hydrogen-bond donors (Lipinski definition) is 2. The van der Waals surface area contributed by atoms with Gasteiger partial charge in [-0.25, -0.2) is 4.39 Å². The van der Waals surface area contributed by atoms with Gasteiger partial charge < -0.3 is 10.6 Å². The van der Waals surface area contributed by atoms with Crippen molar-refractivity contribution in [3.8, 4) is 0 Å². The first-order chi connectivity index (χ1) is 9.10. The molecule has 0 unspecified atom stereocenters. The van der Waals surface area contributed by atoms with Crippen molar-refractivity contribution in [3.63, 3.8) is 0 Å². The largest absolute Gasteiger partial charge is 0.349 e. The Morgan fingerprint density at radius 1 is 1.21 bits per heavy atom. The maximum absolute atomic E-state index is 13.0. The highest BCUT2D eigenvalue weighted by molar-refractivity contribution is 5.95. The van der Waals surface area contributed by atoms with Crippen molar-refractivity contribution in [2.24, 2.45) is 0 Å². The van der Waals surface area contributed by atoms with Gasteiger partial charge in [-0.1, -0.05) is 0 Å². The SMILES string of the molecule is CNC1CCC(NC(=O)c2ccc(F)cc2C)CC1. The van der Waals surface area contributed by atoms with Crippen molar-refractivity contribution < 1.29 is 9.18 Å². The molecule has 4 heteroatoms. The lowest BCUT2D eigenvalue weighted by Gasteiger charge is -2.29. The van der Waals surface area contributed by atoms with Crippen LogP contribution in [-0.2, 0) is 0 Å². The van der Waals surface area contributed by atoms with Gasteiger partial charge in [-0.3, -0.25) is 4.79 Å². The van der Waals surface area contributed by atoms with E-state index in [2.05, 4.69) is 10.6 Å². The molecule has 104 valence electrons. The van der Waals surface area contributed by atoms with Crippen molar-refractivity contribution >= 4 is 5.91 Å². The van der Waals surface area contributed by atoms with Gasteiger partial charge in [0.05, 0.1) is 0 Å². The third-order valence-electron chi connectivity index (χ3n) is 3.90. The molecular formula is C15H21FN2O.